The van der Waals surface area contributed by atoms with Crippen LogP contribution in [0.2, 0.25) is 0 Å². The Labute approximate surface area is 186 Å². The Morgan fingerprint density at radius 1 is 1.06 bits per heavy atom. The van der Waals surface area contributed by atoms with E-state index in [1.54, 1.807) is 31.2 Å². The minimum atomic E-state index is -4.42. The van der Waals surface area contributed by atoms with Gasteiger partial charge in [0, 0.05) is 11.1 Å². The molecule has 0 spiro atoms. The smallest absolute Gasteiger partial charge is 0.398 e. The summed E-state index contributed by atoms with van der Waals surface area (Å²) < 4.78 is 38.1. The number of rotatable bonds is 8. The van der Waals surface area contributed by atoms with Crippen molar-refractivity contribution in [1.29, 1.82) is 0 Å². The highest BCUT2D eigenvalue weighted by Gasteiger charge is 2.30. The highest BCUT2D eigenvalue weighted by Crippen LogP contribution is 2.29. The molecule has 0 heterocycles. The van der Waals surface area contributed by atoms with Crippen molar-refractivity contribution < 1.29 is 32.4 Å². The van der Waals surface area contributed by atoms with Crippen LogP contribution in [0.4, 0.5) is 13.2 Å². The zero-order valence-electron chi connectivity index (χ0n) is 17.1. The molecule has 0 atom stereocenters. The van der Waals surface area contributed by atoms with Crippen LogP contribution >= 0.6 is 11.6 Å². The second-order valence-corrected chi connectivity index (χ2v) is 6.58. The molecule has 0 saturated heterocycles. The van der Waals surface area contributed by atoms with E-state index in [0.717, 1.165) is 12.1 Å². The molecule has 11 heteroatoms. The maximum Gasteiger partial charge on any atom is 0.416 e. The summed E-state index contributed by atoms with van der Waals surface area (Å²) in [4.78, 5) is 33.9. The summed E-state index contributed by atoms with van der Waals surface area (Å²) in [5.74, 6) is -1.92. The Morgan fingerprint density at radius 3 is 2.31 bits per heavy atom. The van der Waals surface area contributed by atoms with Crippen LogP contribution in [0.5, 0.6) is 0 Å². The maximum absolute atomic E-state index is 12.7. The molecule has 0 saturated carbocycles. The van der Waals surface area contributed by atoms with Crippen molar-refractivity contribution in [2.75, 3.05) is 13.0 Å². The van der Waals surface area contributed by atoms with E-state index in [4.69, 9.17) is 21.3 Å². The van der Waals surface area contributed by atoms with Gasteiger partial charge in [0.05, 0.1) is 11.3 Å². The standard InChI is InChI=1S/C21H19ClF3N3O4/c1-13(14-7-9-16(10-8-14)21(23,24)25)27-32-12-15-5-3-4-6-17(15)19(28-31-2)20(30)26-18(29)11-22/h3-10H,11-12H2,1-2H3,(H,26,29,30). The Morgan fingerprint density at radius 2 is 1.72 bits per heavy atom. The van der Waals surface area contributed by atoms with Gasteiger partial charge >= 0.3 is 6.18 Å². The fourth-order valence-electron chi connectivity index (χ4n) is 2.55. The van der Waals surface area contributed by atoms with Gasteiger partial charge < -0.3 is 9.68 Å². The first kappa shape index (κ1) is 24.9. The zero-order valence-corrected chi connectivity index (χ0v) is 17.8. The topological polar surface area (TPSA) is 89.3 Å². The van der Waals surface area contributed by atoms with Crippen LogP contribution in [0.1, 0.15) is 29.2 Å². The van der Waals surface area contributed by atoms with Gasteiger partial charge in [0.25, 0.3) is 5.91 Å². The number of carbonyl (C=O) groups excluding carboxylic acids is 2. The molecule has 0 aliphatic heterocycles. The first-order chi connectivity index (χ1) is 15.2. The number of halogens is 4. The molecular weight excluding hydrogens is 451 g/mol. The highest BCUT2D eigenvalue weighted by molar-refractivity contribution is 6.48. The van der Waals surface area contributed by atoms with Crippen LogP contribution in [0, 0.1) is 0 Å². The molecular formula is C21H19ClF3N3O4. The predicted molar refractivity (Wildman–Crippen MR) is 112 cm³/mol. The molecule has 0 unspecified atom stereocenters. The molecule has 170 valence electrons. The van der Waals surface area contributed by atoms with E-state index >= 15 is 0 Å². The van der Waals surface area contributed by atoms with E-state index in [2.05, 4.69) is 15.6 Å². The summed E-state index contributed by atoms with van der Waals surface area (Å²) in [5.41, 5.74) is 0.699. The number of nitrogens with one attached hydrogen (secondary N) is 1. The van der Waals surface area contributed by atoms with Gasteiger partial charge in [-0.3, -0.25) is 14.9 Å². The molecule has 2 rings (SSSR count). The van der Waals surface area contributed by atoms with Gasteiger partial charge in [-0.1, -0.05) is 46.7 Å². The van der Waals surface area contributed by atoms with E-state index in [-0.39, 0.29) is 12.3 Å². The van der Waals surface area contributed by atoms with E-state index in [0.29, 0.717) is 22.4 Å². The molecule has 2 aromatic rings. The number of hydrogen-bond donors (Lipinski definition) is 1. The lowest BCUT2D eigenvalue weighted by Crippen LogP contribution is -2.37. The first-order valence-electron chi connectivity index (χ1n) is 9.11. The summed E-state index contributed by atoms with van der Waals surface area (Å²) in [6.45, 7) is 1.49. The van der Waals surface area contributed by atoms with Crippen molar-refractivity contribution in [3.05, 3.63) is 70.8 Å². The lowest BCUT2D eigenvalue weighted by atomic mass is 10.0. The second-order valence-electron chi connectivity index (χ2n) is 6.32. The van der Waals surface area contributed by atoms with Crippen LogP contribution in [0.3, 0.4) is 0 Å². The quantitative estimate of drug-likeness (QED) is 0.361. The number of benzene rings is 2. The number of alkyl halides is 4. The van der Waals surface area contributed by atoms with E-state index in [1.807, 2.05) is 0 Å². The van der Waals surface area contributed by atoms with Crippen molar-refractivity contribution in [3.63, 3.8) is 0 Å². The first-order valence-corrected chi connectivity index (χ1v) is 9.64. The number of imide groups is 1. The molecule has 1 N–H and O–H groups in total. The summed E-state index contributed by atoms with van der Waals surface area (Å²) in [5, 5.41) is 9.70. The van der Waals surface area contributed by atoms with E-state index in [1.165, 1.54) is 19.2 Å². The van der Waals surface area contributed by atoms with Crippen molar-refractivity contribution in [2.24, 2.45) is 10.3 Å². The van der Waals surface area contributed by atoms with Gasteiger partial charge in [-0.2, -0.15) is 13.2 Å². The average Bonchev–Trinajstić information content (AvgIpc) is 2.77. The minimum absolute atomic E-state index is 0.0897. The van der Waals surface area contributed by atoms with Crippen LogP contribution < -0.4 is 5.32 Å². The maximum atomic E-state index is 12.7. The molecule has 0 bridgehead atoms. The Balaban J connectivity index is 2.18. The summed E-state index contributed by atoms with van der Waals surface area (Å²) in [6, 6.07) is 11.1. The van der Waals surface area contributed by atoms with Gasteiger partial charge in [0.2, 0.25) is 5.91 Å². The minimum Gasteiger partial charge on any atom is -0.398 e. The fraction of sp³-hybridized carbons (Fsp3) is 0.238. The molecule has 7 nitrogen and oxygen atoms in total. The predicted octanol–water partition coefficient (Wildman–Crippen LogP) is 3.88. The normalized spacial score (nSPS) is 12.3. The van der Waals surface area contributed by atoms with Crippen molar-refractivity contribution in [1.82, 2.24) is 5.32 Å². The SMILES string of the molecule is CON=C(C(=O)NC(=O)CCl)c1ccccc1CON=C(C)c1ccc(C(F)(F)F)cc1. The number of hydrogen-bond acceptors (Lipinski definition) is 6. The van der Waals surface area contributed by atoms with Crippen LogP contribution in [-0.4, -0.2) is 36.2 Å². The Bertz CT molecular complexity index is 1020. The molecule has 0 aromatic heterocycles. The monoisotopic (exact) mass is 469 g/mol. The van der Waals surface area contributed by atoms with Gasteiger partial charge in [-0.25, -0.2) is 0 Å². The summed E-state index contributed by atoms with van der Waals surface area (Å²) in [7, 11) is 1.24. The van der Waals surface area contributed by atoms with Crippen LogP contribution in [0.15, 0.2) is 58.8 Å². The third kappa shape index (κ3) is 6.81. The summed E-state index contributed by atoms with van der Waals surface area (Å²) >= 11 is 5.41. The third-order valence-corrected chi connectivity index (χ3v) is 4.34. The van der Waals surface area contributed by atoms with Crippen LogP contribution in [0.25, 0.3) is 0 Å². The summed E-state index contributed by atoms with van der Waals surface area (Å²) in [6.07, 6.45) is -4.42. The number of nitrogens with zero attached hydrogens (tertiary/aromatic N) is 2. The highest BCUT2D eigenvalue weighted by atomic mass is 35.5. The van der Waals surface area contributed by atoms with E-state index < -0.39 is 29.4 Å². The Kier molecular flexibility index (Phi) is 8.77. The van der Waals surface area contributed by atoms with Crippen LogP contribution in [-0.2, 0) is 32.0 Å². The second kappa shape index (κ2) is 11.3. The number of amides is 2. The van der Waals surface area contributed by atoms with Gasteiger partial charge in [0.15, 0.2) is 5.71 Å². The average molecular weight is 470 g/mol. The fourth-order valence-corrected chi connectivity index (χ4v) is 2.62. The zero-order chi connectivity index (χ0) is 23.7. The molecule has 0 fully saturated rings. The lowest BCUT2D eigenvalue weighted by Gasteiger charge is -2.11. The molecule has 2 aromatic carbocycles. The third-order valence-electron chi connectivity index (χ3n) is 4.10. The van der Waals surface area contributed by atoms with Crippen molar-refractivity contribution in [3.8, 4) is 0 Å². The molecule has 0 radical (unpaired) electrons. The van der Waals surface area contributed by atoms with Gasteiger partial charge in [0.1, 0.15) is 19.6 Å². The van der Waals surface area contributed by atoms with Gasteiger partial charge in [-0.15, -0.1) is 11.6 Å². The Hall–Kier alpha value is -3.40. The lowest BCUT2D eigenvalue weighted by molar-refractivity contribution is -0.137. The number of carbonyl (C=O) groups is 2. The largest absolute Gasteiger partial charge is 0.416 e. The van der Waals surface area contributed by atoms with Crippen molar-refractivity contribution in [2.45, 2.75) is 19.7 Å². The van der Waals surface area contributed by atoms with Gasteiger partial charge in [-0.05, 0) is 24.6 Å². The van der Waals surface area contributed by atoms with Crippen molar-refractivity contribution >= 4 is 34.8 Å². The number of oxime groups is 2. The molecule has 0 aliphatic rings. The molecule has 2 amide bonds. The molecule has 32 heavy (non-hydrogen) atoms. The van der Waals surface area contributed by atoms with E-state index in [9.17, 15) is 22.8 Å². The molecule has 0 aliphatic carbocycles.